The van der Waals surface area contributed by atoms with Gasteiger partial charge in [-0.05, 0) is 30.0 Å². The number of thioether (sulfide) groups is 1. The average molecular weight is 611 g/mol. The van der Waals surface area contributed by atoms with Crippen LogP contribution in [0.2, 0.25) is 0 Å². The Hall–Kier alpha value is -2.97. The number of hydrogen-bond acceptors (Lipinski definition) is 10. The molecule has 2 saturated heterocycles. The van der Waals surface area contributed by atoms with Gasteiger partial charge in [-0.15, -0.1) is 13.2 Å². The summed E-state index contributed by atoms with van der Waals surface area (Å²) in [5, 5.41) is 20.3. The maximum Gasteiger partial charge on any atom is 0.573 e. The highest BCUT2D eigenvalue weighted by Crippen LogP contribution is 2.31. The van der Waals surface area contributed by atoms with Crippen molar-refractivity contribution in [3.63, 3.8) is 0 Å². The second kappa shape index (κ2) is 13.6. The highest BCUT2D eigenvalue weighted by atomic mass is 32.2. The number of ether oxygens (including phenoxy) is 2. The Bertz CT molecular complexity index is 1220. The van der Waals surface area contributed by atoms with Crippen LogP contribution in [0.5, 0.6) is 5.75 Å². The summed E-state index contributed by atoms with van der Waals surface area (Å²) >= 11 is 0.607. The van der Waals surface area contributed by atoms with Gasteiger partial charge in [-0.2, -0.15) is 12.7 Å². The largest absolute Gasteiger partial charge is 0.573 e. The molecule has 0 radical (unpaired) electrons. The number of halogens is 3. The van der Waals surface area contributed by atoms with Gasteiger partial charge >= 0.3 is 6.36 Å². The number of piperazine rings is 1. The van der Waals surface area contributed by atoms with Crippen LogP contribution in [0.3, 0.4) is 0 Å². The maximum atomic E-state index is 12.9. The highest BCUT2D eigenvalue weighted by Gasteiger charge is 2.33. The third kappa shape index (κ3) is 9.30. The van der Waals surface area contributed by atoms with Crippen LogP contribution in [-0.2, 0) is 19.7 Å². The number of alkyl halides is 3. The van der Waals surface area contributed by atoms with E-state index in [1.54, 1.807) is 9.80 Å². The van der Waals surface area contributed by atoms with E-state index in [1.165, 1.54) is 11.4 Å². The van der Waals surface area contributed by atoms with E-state index >= 15 is 0 Å². The molecule has 0 atom stereocenters. The number of nitrogens with zero attached hydrogens (tertiary/aromatic N) is 3. The van der Waals surface area contributed by atoms with E-state index in [9.17, 15) is 31.2 Å². The molecule has 2 heterocycles. The van der Waals surface area contributed by atoms with E-state index in [-0.39, 0.29) is 49.1 Å². The first-order valence-electron chi connectivity index (χ1n) is 11.9. The lowest BCUT2D eigenvalue weighted by Gasteiger charge is -2.34. The number of nitrogens with one attached hydrogen (secondary N) is 5. The predicted octanol–water partition coefficient (Wildman–Crippen LogP) is 0.270. The van der Waals surface area contributed by atoms with E-state index in [0.717, 1.165) is 18.2 Å². The number of hydrogen-bond donors (Lipinski definition) is 5. The number of amides is 2. The molecule has 5 N–H and O–H groups in total. The molecule has 0 aliphatic carbocycles. The molecule has 0 unspecified atom stereocenters. The first kappa shape index (κ1) is 31.6. The van der Waals surface area contributed by atoms with E-state index in [0.29, 0.717) is 38.1 Å². The number of amidine groups is 2. The molecular weight excluding hydrogens is 581 g/mol. The molecule has 1 aromatic carbocycles. The molecule has 2 aliphatic heterocycles. The lowest BCUT2D eigenvalue weighted by atomic mass is 10.1. The van der Waals surface area contributed by atoms with Crippen LogP contribution >= 0.6 is 11.8 Å². The zero-order valence-electron chi connectivity index (χ0n) is 21.3. The minimum Gasteiger partial charge on any atom is -0.404 e. The molecule has 2 aliphatic rings. The van der Waals surface area contributed by atoms with Crippen LogP contribution in [0.1, 0.15) is 10.4 Å². The van der Waals surface area contributed by atoms with Gasteiger partial charge in [-0.3, -0.25) is 25.3 Å². The number of rotatable bonds is 7. The Morgan fingerprint density at radius 3 is 2.35 bits per heavy atom. The quantitative estimate of drug-likeness (QED) is 0.214. The summed E-state index contributed by atoms with van der Waals surface area (Å²) < 4.78 is 75.1. The molecule has 1 aromatic rings. The summed E-state index contributed by atoms with van der Waals surface area (Å²) in [6.07, 6.45) is -5.05. The molecular formula is C21H29F3N8O6S2. The van der Waals surface area contributed by atoms with Gasteiger partial charge in [0.2, 0.25) is 5.91 Å². The number of benzene rings is 1. The first-order valence-corrected chi connectivity index (χ1v) is 14.1. The number of carbonyl (C=O) groups excluding carboxylic acids is 2. The zero-order chi connectivity index (χ0) is 29.5. The fraction of sp³-hybridized carbons (Fsp3) is 0.524. The second-order valence-electron chi connectivity index (χ2n) is 8.48. The number of anilines is 1. The van der Waals surface area contributed by atoms with Crippen molar-refractivity contribution in [1.29, 1.82) is 10.8 Å². The van der Waals surface area contributed by atoms with Crippen molar-refractivity contribution < 1.29 is 40.7 Å². The van der Waals surface area contributed by atoms with Crippen molar-refractivity contribution in [3.8, 4) is 5.75 Å². The van der Waals surface area contributed by atoms with Gasteiger partial charge in [0.05, 0.1) is 25.4 Å². The lowest BCUT2D eigenvalue weighted by Crippen LogP contribution is -2.52. The monoisotopic (exact) mass is 610 g/mol. The number of morpholine rings is 1. The fourth-order valence-corrected chi connectivity index (χ4v) is 5.31. The van der Waals surface area contributed by atoms with Gasteiger partial charge in [-0.1, -0.05) is 0 Å². The first-order chi connectivity index (χ1) is 18.8. The van der Waals surface area contributed by atoms with E-state index in [2.05, 4.69) is 20.1 Å². The molecule has 0 aromatic heterocycles. The third-order valence-electron chi connectivity index (χ3n) is 5.76. The Morgan fingerprint density at radius 2 is 1.75 bits per heavy atom. The van der Waals surface area contributed by atoms with E-state index in [1.807, 2.05) is 0 Å². The van der Waals surface area contributed by atoms with Crippen LogP contribution in [0.4, 0.5) is 18.9 Å². The smallest absolute Gasteiger partial charge is 0.404 e. The molecule has 19 heteroatoms. The molecule has 40 heavy (non-hydrogen) atoms. The fourth-order valence-electron chi connectivity index (χ4n) is 3.76. The summed E-state index contributed by atoms with van der Waals surface area (Å²) in [4.78, 5) is 28.5. The van der Waals surface area contributed by atoms with Crippen LogP contribution < -0.4 is 20.1 Å². The van der Waals surface area contributed by atoms with Crippen molar-refractivity contribution in [3.05, 3.63) is 23.8 Å². The van der Waals surface area contributed by atoms with Crippen molar-refractivity contribution in [2.24, 2.45) is 0 Å². The van der Waals surface area contributed by atoms with Crippen molar-refractivity contribution in [1.82, 2.24) is 24.1 Å². The van der Waals surface area contributed by atoms with Gasteiger partial charge < -0.3 is 25.0 Å². The lowest BCUT2D eigenvalue weighted by molar-refractivity contribution is -0.274. The minimum absolute atomic E-state index is 0.100. The van der Waals surface area contributed by atoms with Gasteiger partial charge in [0.1, 0.15) is 0 Å². The van der Waals surface area contributed by atoms with Gasteiger partial charge in [0, 0.05) is 51.9 Å². The molecule has 3 rings (SSSR count). The Balaban J connectivity index is 1.61. The van der Waals surface area contributed by atoms with Crippen LogP contribution in [0, 0.1) is 10.8 Å². The second-order valence-corrected chi connectivity index (χ2v) is 11.4. The summed E-state index contributed by atoms with van der Waals surface area (Å²) in [7, 11) is -2.30. The molecule has 0 spiro atoms. The third-order valence-corrected chi connectivity index (χ3v) is 8.08. The molecule has 14 nitrogen and oxygen atoms in total. The molecule has 0 bridgehead atoms. The molecule has 2 amide bonds. The highest BCUT2D eigenvalue weighted by molar-refractivity contribution is 8.26. The summed E-state index contributed by atoms with van der Waals surface area (Å²) in [6, 6.07) is 2.92. The van der Waals surface area contributed by atoms with E-state index < -0.39 is 39.3 Å². The van der Waals surface area contributed by atoms with Gasteiger partial charge in [0.15, 0.2) is 16.1 Å². The molecule has 0 saturated carbocycles. The number of carbonyl (C=O) groups is 2. The van der Waals surface area contributed by atoms with Crippen molar-refractivity contribution in [2.45, 2.75) is 6.36 Å². The zero-order valence-corrected chi connectivity index (χ0v) is 23.0. The standard InChI is InChI=1S/C21H29F3N8O6S2/c1-27-40(35,36)32-6-4-31(5-7-32)20(26)39-19(25)29-18(34)14-2-3-16(38-21(22,23)24)15(12-14)28-17(33)13-30-8-10-37-11-9-30/h2-3,12,26-27H,4-11,13H2,1H3,(H,28,33)(H2,25,29,34). The average Bonchev–Trinajstić information content (AvgIpc) is 2.89. The molecule has 2 fully saturated rings. The van der Waals surface area contributed by atoms with Crippen LogP contribution in [0.15, 0.2) is 18.2 Å². The minimum atomic E-state index is -5.05. The summed E-state index contributed by atoms with van der Waals surface area (Å²) in [6.45, 7) is 2.32. The summed E-state index contributed by atoms with van der Waals surface area (Å²) in [5.41, 5.74) is -0.552. The maximum absolute atomic E-state index is 12.9. The topological polar surface area (TPSA) is 180 Å². The van der Waals surface area contributed by atoms with E-state index in [4.69, 9.17) is 15.6 Å². The van der Waals surface area contributed by atoms with Crippen LogP contribution in [-0.4, -0.2) is 117 Å². The predicted molar refractivity (Wildman–Crippen MR) is 141 cm³/mol. The Kier molecular flexibility index (Phi) is 10.7. The normalized spacial score (nSPS) is 17.2. The SMILES string of the molecule is CNS(=O)(=O)N1CCN(C(=N)SC(=N)NC(=O)c2ccc(OC(F)(F)F)c(NC(=O)CN3CCOCC3)c2)CC1. The Labute approximate surface area is 232 Å². The van der Waals surface area contributed by atoms with Crippen LogP contribution in [0.25, 0.3) is 0 Å². The van der Waals surface area contributed by atoms with Crippen molar-refractivity contribution >= 4 is 49.8 Å². The van der Waals surface area contributed by atoms with Gasteiger partial charge in [0.25, 0.3) is 16.1 Å². The summed E-state index contributed by atoms with van der Waals surface area (Å²) in [5.74, 6) is -2.20. The Morgan fingerprint density at radius 1 is 1.10 bits per heavy atom. The molecule has 222 valence electrons. The van der Waals surface area contributed by atoms with Gasteiger partial charge in [-0.25, -0.2) is 4.72 Å². The van der Waals surface area contributed by atoms with Crippen molar-refractivity contribution in [2.75, 3.05) is 71.4 Å².